The minimum atomic E-state index is -0.699. The normalized spacial score (nSPS) is 22.6. The number of carbonyl (C=O) groups is 1. The van der Waals surface area contributed by atoms with E-state index < -0.39 is 11.4 Å². The van der Waals surface area contributed by atoms with Gasteiger partial charge in [0, 0.05) is 11.6 Å². The number of benzene rings is 1. The van der Waals surface area contributed by atoms with E-state index in [9.17, 15) is 14.3 Å². The molecule has 1 aliphatic heterocycles. The maximum atomic E-state index is 14.0. The molecule has 9 heteroatoms. The second-order valence-electron chi connectivity index (χ2n) is 9.37. The van der Waals surface area contributed by atoms with Crippen molar-refractivity contribution in [2.45, 2.75) is 71.2 Å². The van der Waals surface area contributed by atoms with Crippen LogP contribution in [0.5, 0.6) is 5.75 Å². The Hall–Kier alpha value is -2.71. The van der Waals surface area contributed by atoms with Crippen LogP contribution in [-0.4, -0.2) is 42.2 Å². The van der Waals surface area contributed by atoms with Gasteiger partial charge in [0.2, 0.25) is 0 Å². The van der Waals surface area contributed by atoms with Crippen molar-refractivity contribution in [1.82, 2.24) is 19.5 Å². The third kappa shape index (κ3) is 3.95. The molecular formula is C24H26ClFN4O3. The molecule has 0 radical (unpaired) electrons. The number of hydrogen-bond acceptors (Lipinski definition) is 5. The van der Waals surface area contributed by atoms with Crippen molar-refractivity contribution in [2.75, 3.05) is 0 Å². The molecule has 0 bridgehead atoms. The molecule has 2 aromatic heterocycles. The third-order valence-corrected chi connectivity index (χ3v) is 7.27. The fourth-order valence-corrected chi connectivity index (χ4v) is 4.83. The number of aliphatic hydroxyl groups is 1. The number of hydrogen-bond donors (Lipinski definition) is 1. The van der Waals surface area contributed by atoms with E-state index in [1.54, 1.807) is 9.42 Å². The lowest BCUT2D eigenvalue weighted by Gasteiger charge is -2.33. The first kappa shape index (κ1) is 22.1. The summed E-state index contributed by atoms with van der Waals surface area (Å²) in [6.45, 7) is 6.24. The van der Waals surface area contributed by atoms with Crippen LogP contribution in [0.1, 0.15) is 65.6 Å². The number of halogens is 2. The van der Waals surface area contributed by atoms with Crippen molar-refractivity contribution in [3.8, 4) is 5.75 Å². The minimum Gasteiger partial charge on any atom is -0.489 e. The summed E-state index contributed by atoms with van der Waals surface area (Å²) in [7, 11) is 0. The van der Waals surface area contributed by atoms with E-state index in [1.165, 1.54) is 18.2 Å². The van der Waals surface area contributed by atoms with Crippen LogP contribution in [0, 0.1) is 19.7 Å². The molecule has 0 unspecified atom stereocenters. The van der Waals surface area contributed by atoms with Gasteiger partial charge < -0.3 is 14.7 Å². The van der Waals surface area contributed by atoms with Gasteiger partial charge in [0.05, 0.1) is 52.5 Å². The molecule has 0 saturated heterocycles. The monoisotopic (exact) mass is 472 g/mol. The van der Waals surface area contributed by atoms with Crippen LogP contribution in [0.25, 0.3) is 5.65 Å². The standard InChI is InChI=1S/C24H26ClFN4O3/c1-13-21(25)14(2)30-22(27-13)18-11-29(12-19(18)28-30)23(31)17-5-4-15(26)10-20(17)33-16-6-8-24(3,32)9-7-16/h4-5,10,16,32H,6-9,11-12H2,1-3H3/t16-,24-. The van der Waals surface area contributed by atoms with Gasteiger partial charge in [0.25, 0.3) is 5.91 Å². The van der Waals surface area contributed by atoms with E-state index in [-0.39, 0.29) is 17.8 Å². The van der Waals surface area contributed by atoms with Crippen molar-refractivity contribution >= 4 is 23.2 Å². The highest BCUT2D eigenvalue weighted by atomic mass is 35.5. The molecule has 174 valence electrons. The molecular weight excluding hydrogens is 447 g/mol. The Balaban J connectivity index is 1.39. The topological polar surface area (TPSA) is 80.0 Å². The number of aromatic nitrogens is 3. The van der Waals surface area contributed by atoms with E-state index in [2.05, 4.69) is 10.1 Å². The quantitative estimate of drug-likeness (QED) is 0.612. The van der Waals surface area contributed by atoms with Gasteiger partial charge in [-0.3, -0.25) is 4.79 Å². The smallest absolute Gasteiger partial charge is 0.258 e. The highest BCUT2D eigenvalue weighted by Crippen LogP contribution is 2.34. The molecule has 0 spiro atoms. The summed E-state index contributed by atoms with van der Waals surface area (Å²) in [5.74, 6) is -0.466. The second kappa shape index (κ2) is 7.95. The van der Waals surface area contributed by atoms with Gasteiger partial charge in [0.1, 0.15) is 11.6 Å². The van der Waals surface area contributed by atoms with Gasteiger partial charge in [-0.1, -0.05) is 11.6 Å². The van der Waals surface area contributed by atoms with Gasteiger partial charge in [-0.2, -0.15) is 5.10 Å². The second-order valence-corrected chi connectivity index (χ2v) is 9.75. The Labute approximate surface area is 196 Å². The molecule has 1 saturated carbocycles. The van der Waals surface area contributed by atoms with E-state index in [1.807, 2.05) is 20.8 Å². The summed E-state index contributed by atoms with van der Waals surface area (Å²) in [6.07, 6.45) is 2.34. The molecule has 7 nitrogen and oxygen atoms in total. The fourth-order valence-electron chi connectivity index (χ4n) is 4.71. The van der Waals surface area contributed by atoms with Gasteiger partial charge in [0.15, 0.2) is 5.65 Å². The van der Waals surface area contributed by atoms with Crippen LogP contribution >= 0.6 is 11.6 Å². The average molecular weight is 473 g/mol. The lowest BCUT2D eigenvalue weighted by Crippen LogP contribution is -2.35. The van der Waals surface area contributed by atoms with Crippen molar-refractivity contribution in [2.24, 2.45) is 0 Å². The van der Waals surface area contributed by atoms with Crippen molar-refractivity contribution in [1.29, 1.82) is 0 Å². The van der Waals surface area contributed by atoms with E-state index in [0.29, 0.717) is 55.0 Å². The molecule has 2 aliphatic rings. The lowest BCUT2D eigenvalue weighted by atomic mass is 9.85. The maximum absolute atomic E-state index is 14.0. The molecule has 0 atom stereocenters. The Morgan fingerprint density at radius 2 is 2.00 bits per heavy atom. The van der Waals surface area contributed by atoms with Gasteiger partial charge in [-0.05, 0) is 58.6 Å². The van der Waals surface area contributed by atoms with E-state index in [0.717, 1.165) is 22.6 Å². The third-order valence-electron chi connectivity index (χ3n) is 6.72. The predicted molar refractivity (Wildman–Crippen MR) is 121 cm³/mol. The zero-order valence-corrected chi connectivity index (χ0v) is 19.6. The van der Waals surface area contributed by atoms with Crippen LogP contribution in [0.3, 0.4) is 0 Å². The van der Waals surface area contributed by atoms with Crippen molar-refractivity contribution in [3.05, 3.63) is 57.2 Å². The molecule has 1 aliphatic carbocycles. The Morgan fingerprint density at radius 1 is 1.27 bits per heavy atom. The highest BCUT2D eigenvalue weighted by molar-refractivity contribution is 6.31. The summed E-state index contributed by atoms with van der Waals surface area (Å²) in [6, 6.07) is 4.01. The zero-order chi connectivity index (χ0) is 23.5. The summed E-state index contributed by atoms with van der Waals surface area (Å²) in [4.78, 5) is 19.7. The molecule has 1 fully saturated rings. The predicted octanol–water partition coefficient (Wildman–Crippen LogP) is 4.37. The van der Waals surface area contributed by atoms with Gasteiger partial charge in [-0.15, -0.1) is 0 Å². The van der Waals surface area contributed by atoms with Crippen molar-refractivity contribution in [3.63, 3.8) is 0 Å². The SMILES string of the molecule is Cc1nc2c3c(nn2c(C)c1Cl)CN(C(=O)c1ccc(F)cc1O[C@H]1CC[C@](C)(O)CC1)C3. The molecule has 33 heavy (non-hydrogen) atoms. The molecule has 3 aromatic rings. The minimum absolute atomic E-state index is 0.168. The number of carbonyl (C=O) groups excluding carboxylic acids is 1. The Bertz CT molecular complexity index is 1260. The maximum Gasteiger partial charge on any atom is 0.258 e. The Kier molecular flexibility index (Phi) is 5.33. The first-order valence-corrected chi connectivity index (χ1v) is 11.5. The fraction of sp³-hybridized carbons (Fsp3) is 0.458. The number of nitrogens with zero attached hydrogens (tertiary/aromatic N) is 4. The first-order valence-electron chi connectivity index (χ1n) is 11.1. The van der Waals surface area contributed by atoms with E-state index >= 15 is 0 Å². The van der Waals surface area contributed by atoms with Crippen LogP contribution in [-0.2, 0) is 13.1 Å². The number of aryl methyl sites for hydroxylation is 2. The first-order chi connectivity index (χ1) is 15.6. The van der Waals surface area contributed by atoms with Gasteiger partial charge in [-0.25, -0.2) is 13.9 Å². The van der Waals surface area contributed by atoms with Crippen LogP contribution in [0.15, 0.2) is 18.2 Å². The molecule has 3 heterocycles. The zero-order valence-electron chi connectivity index (χ0n) is 18.9. The lowest BCUT2D eigenvalue weighted by molar-refractivity contribution is -0.0111. The summed E-state index contributed by atoms with van der Waals surface area (Å²) >= 11 is 6.32. The van der Waals surface area contributed by atoms with Crippen LogP contribution in [0.4, 0.5) is 4.39 Å². The van der Waals surface area contributed by atoms with Crippen LogP contribution in [0.2, 0.25) is 5.02 Å². The molecule has 5 rings (SSSR count). The summed E-state index contributed by atoms with van der Waals surface area (Å²) < 4.78 is 21.8. The largest absolute Gasteiger partial charge is 0.489 e. The molecule has 1 aromatic carbocycles. The number of rotatable bonds is 3. The summed E-state index contributed by atoms with van der Waals surface area (Å²) in [5, 5.41) is 15.4. The highest BCUT2D eigenvalue weighted by Gasteiger charge is 2.33. The average Bonchev–Trinajstić information content (AvgIpc) is 3.32. The Morgan fingerprint density at radius 3 is 2.73 bits per heavy atom. The van der Waals surface area contributed by atoms with E-state index in [4.69, 9.17) is 16.3 Å². The molecule has 1 amide bonds. The number of fused-ring (bicyclic) bond motifs is 3. The summed E-state index contributed by atoms with van der Waals surface area (Å²) in [5.41, 5.74) is 3.52. The van der Waals surface area contributed by atoms with Crippen LogP contribution < -0.4 is 4.74 Å². The number of amides is 1. The number of ether oxygens (including phenoxy) is 1. The van der Waals surface area contributed by atoms with Gasteiger partial charge >= 0.3 is 0 Å². The molecule has 1 N–H and O–H groups in total. The van der Waals surface area contributed by atoms with Crippen molar-refractivity contribution < 1.29 is 19.0 Å².